The minimum Gasteiger partial charge on any atom is -0.336 e. The van der Waals surface area contributed by atoms with Gasteiger partial charge >= 0.3 is 5.97 Å². The highest BCUT2D eigenvalue weighted by Crippen LogP contribution is 2.16. The Morgan fingerprint density at radius 3 is 2.81 bits per heavy atom. The molecular formula is C12H14N2O2. The van der Waals surface area contributed by atoms with E-state index in [9.17, 15) is 4.79 Å². The van der Waals surface area contributed by atoms with Crippen LogP contribution in [0, 0.1) is 5.41 Å². The second-order valence-electron chi connectivity index (χ2n) is 4.68. The standard InChI is InChI=1S/C12H14N2O2/c1-12(2,3)11(15)16-14-8-6-9-10(14)5-4-7-13-9/h4-8H,1-3H3. The number of aromatic nitrogens is 2. The molecule has 0 spiro atoms. The smallest absolute Gasteiger partial charge is 0.336 e. The van der Waals surface area contributed by atoms with Crippen molar-refractivity contribution in [2.24, 2.45) is 5.41 Å². The molecule has 2 rings (SSSR count). The first-order valence-corrected chi connectivity index (χ1v) is 5.13. The third kappa shape index (κ3) is 1.91. The van der Waals surface area contributed by atoms with Gasteiger partial charge in [-0.3, -0.25) is 4.98 Å². The summed E-state index contributed by atoms with van der Waals surface area (Å²) >= 11 is 0. The van der Waals surface area contributed by atoms with Crippen molar-refractivity contribution in [1.82, 2.24) is 9.71 Å². The van der Waals surface area contributed by atoms with Crippen molar-refractivity contribution >= 4 is 17.0 Å². The van der Waals surface area contributed by atoms with Crippen LogP contribution in [0.3, 0.4) is 0 Å². The van der Waals surface area contributed by atoms with Crippen LogP contribution in [0.15, 0.2) is 30.6 Å². The summed E-state index contributed by atoms with van der Waals surface area (Å²) in [7, 11) is 0. The summed E-state index contributed by atoms with van der Waals surface area (Å²) in [6.07, 6.45) is 3.40. The summed E-state index contributed by atoms with van der Waals surface area (Å²) in [4.78, 5) is 21.1. The van der Waals surface area contributed by atoms with Crippen molar-refractivity contribution in [2.75, 3.05) is 0 Å². The topological polar surface area (TPSA) is 44.1 Å². The lowest BCUT2D eigenvalue weighted by atomic mass is 9.98. The van der Waals surface area contributed by atoms with Crippen molar-refractivity contribution in [3.63, 3.8) is 0 Å². The molecule has 0 aliphatic rings. The van der Waals surface area contributed by atoms with E-state index in [2.05, 4.69) is 4.98 Å². The number of carbonyl (C=O) groups excluding carboxylic acids is 1. The predicted molar refractivity (Wildman–Crippen MR) is 60.8 cm³/mol. The largest absolute Gasteiger partial charge is 0.338 e. The zero-order valence-electron chi connectivity index (χ0n) is 9.60. The predicted octanol–water partition coefficient (Wildman–Crippen LogP) is 2.04. The van der Waals surface area contributed by atoms with Gasteiger partial charge in [-0.05, 0) is 39.0 Å². The van der Waals surface area contributed by atoms with Gasteiger partial charge in [0.1, 0.15) is 5.52 Å². The molecule has 0 saturated heterocycles. The Labute approximate surface area is 93.8 Å². The van der Waals surface area contributed by atoms with E-state index in [0.717, 1.165) is 11.0 Å². The van der Waals surface area contributed by atoms with Crippen LogP contribution in [0.2, 0.25) is 0 Å². The summed E-state index contributed by atoms with van der Waals surface area (Å²) in [5.74, 6) is -0.270. The molecule has 16 heavy (non-hydrogen) atoms. The number of hydrogen-bond donors (Lipinski definition) is 0. The highest BCUT2D eigenvalue weighted by Gasteiger charge is 2.24. The van der Waals surface area contributed by atoms with Crippen molar-refractivity contribution in [3.05, 3.63) is 30.6 Å². The summed E-state index contributed by atoms with van der Waals surface area (Å²) in [5, 5.41) is 0. The SMILES string of the molecule is CC(C)(C)C(=O)On1ccc2ncccc21. The first-order valence-electron chi connectivity index (χ1n) is 5.13. The van der Waals surface area contributed by atoms with Gasteiger partial charge in [0, 0.05) is 12.4 Å². The molecule has 0 fully saturated rings. The van der Waals surface area contributed by atoms with Crippen LogP contribution in [-0.2, 0) is 4.79 Å². The lowest BCUT2D eigenvalue weighted by Crippen LogP contribution is -2.30. The van der Waals surface area contributed by atoms with Gasteiger partial charge in [-0.2, -0.15) is 4.73 Å². The fourth-order valence-electron chi connectivity index (χ4n) is 1.25. The highest BCUT2D eigenvalue weighted by molar-refractivity contribution is 5.79. The molecule has 4 nitrogen and oxygen atoms in total. The van der Waals surface area contributed by atoms with Crippen LogP contribution >= 0.6 is 0 Å². The molecule has 2 heterocycles. The molecule has 0 unspecified atom stereocenters. The molecule has 84 valence electrons. The summed E-state index contributed by atoms with van der Waals surface area (Å²) < 4.78 is 1.45. The maximum Gasteiger partial charge on any atom is 0.338 e. The zero-order chi connectivity index (χ0) is 11.8. The fraction of sp³-hybridized carbons (Fsp3) is 0.333. The molecule has 0 radical (unpaired) electrons. The van der Waals surface area contributed by atoms with Crippen LogP contribution in [-0.4, -0.2) is 15.7 Å². The van der Waals surface area contributed by atoms with E-state index in [1.165, 1.54) is 4.73 Å². The summed E-state index contributed by atoms with van der Waals surface area (Å²) in [6.45, 7) is 5.46. The molecule has 2 aromatic rings. The van der Waals surface area contributed by atoms with Gasteiger partial charge in [0.05, 0.1) is 10.9 Å². The monoisotopic (exact) mass is 218 g/mol. The Balaban J connectivity index is 2.32. The number of carbonyl (C=O) groups is 1. The molecule has 0 N–H and O–H groups in total. The van der Waals surface area contributed by atoms with Crippen molar-refractivity contribution in [1.29, 1.82) is 0 Å². The van der Waals surface area contributed by atoms with Gasteiger partial charge in [0.2, 0.25) is 0 Å². The molecule has 2 aromatic heterocycles. The minimum atomic E-state index is -0.515. The number of fused-ring (bicyclic) bond motifs is 1. The van der Waals surface area contributed by atoms with Crippen LogP contribution in [0.1, 0.15) is 20.8 Å². The summed E-state index contributed by atoms with van der Waals surface area (Å²) in [5.41, 5.74) is 1.09. The second-order valence-corrected chi connectivity index (χ2v) is 4.68. The van der Waals surface area contributed by atoms with Crippen LogP contribution in [0.4, 0.5) is 0 Å². The van der Waals surface area contributed by atoms with E-state index < -0.39 is 5.41 Å². The Kier molecular flexibility index (Phi) is 2.42. The fourth-order valence-corrected chi connectivity index (χ4v) is 1.25. The van der Waals surface area contributed by atoms with Gasteiger partial charge < -0.3 is 4.84 Å². The van der Waals surface area contributed by atoms with Gasteiger partial charge in [0.25, 0.3) is 0 Å². The second kappa shape index (κ2) is 3.63. The molecular weight excluding hydrogens is 204 g/mol. The molecule has 4 heteroatoms. The third-order valence-corrected chi connectivity index (χ3v) is 2.22. The van der Waals surface area contributed by atoms with Gasteiger partial charge in [-0.25, -0.2) is 4.79 Å². The van der Waals surface area contributed by atoms with Crippen LogP contribution < -0.4 is 4.84 Å². The minimum absolute atomic E-state index is 0.270. The Morgan fingerprint density at radius 2 is 2.12 bits per heavy atom. The van der Waals surface area contributed by atoms with Gasteiger partial charge in [0.15, 0.2) is 0 Å². The third-order valence-electron chi connectivity index (χ3n) is 2.22. The van der Waals surface area contributed by atoms with Gasteiger partial charge in [-0.15, -0.1) is 0 Å². The average Bonchev–Trinajstić information content (AvgIpc) is 2.61. The van der Waals surface area contributed by atoms with Crippen LogP contribution in [0.25, 0.3) is 11.0 Å². The molecule has 0 aliphatic carbocycles. The Hall–Kier alpha value is -1.84. The normalized spacial score (nSPS) is 11.7. The zero-order valence-corrected chi connectivity index (χ0v) is 9.60. The van der Waals surface area contributed by atoms with Crippen molar-refractivity contribution in [3.8, 4) is 0 Å². The quantitative estimate of drug-likeness (QED) is 0.735. The van der Waals surface area contributed by atoms with E-state index in [4.69, 9.17) is 4.84 Å². The highest BCUT2D eigenvalue weighted by atomic mass is 16.7. The first-order chi connectivity index (χ1) is 7.48. The van der Waals surface area contributed by atoms with E-state index in [1.807, 2.05) is 39.0 Å². The molecule has 0 aromatic carbocycles. The number of pyridine rings is 1. The molecule has 0 aliphatic heterocycles. The van der Waals surface area contributed by atoms with Crippen molar-refractivity contribution in [2.45, 2.75) is 20.8 Å². The molecule has 0 amide bonds. The number of rotatable bonds is 1. The van der Waals surface area contributed by atoms with E-state index in [1.54, 1.807) is 12.4 Å². The Morgan fingerprint density at radius 1 is 1.38 bits per heavy atom. The van der Waals surface area contributed by atoms with E-state index >= 15 is 0 Å². The van der Waals surface area contributed by atoms with Crippen LogP contribution in [0.5, 0.6) is 0 Å². The number of nitrogens with zero attached hydrogens (tertiary/aromatic N) is 2. The van der Waals surface area contributed by atoms with E-state index in [-0.39, 0.29) is 5.97 Å². The first kappa shape index (κ1) is 10.7. The lowest BCUT2D eigenvalue weighted by Gasteiger charge is -2.16. The number of hydrogen-bond acceptors (Lipinski definition) is 3. The van der Waals surface area contributed by atoms with Crippen molar-refractivity contribution < 1.29 is 9.63 Å². The lowest BCUT2D eigenvalue weighted by molar-refractivity contribution is -0.152. The maximum atomic E-state index is 11.7. The van der Waals surface area contributed by atoms with Gasteiger partial charge in [-0.1, -0.05) is 0 Å². The maximum absolute atomic E-state index is 11.7. The summed E-state index contributed by atoms with van der Waals surface area (Å²) in [6, 6.07) is 5.48. The molecule has 0 saturated carbocycles. The Bertz CT molecular complexity index is 523. The average molecular weight is 218 g/mol. The molecule has 0 atom stereocenters. The van der Waals surface area contributed by atoms with E-state index in [0.29, 0.717) is 0 Å². The molecule has 0 bridgehead atoms.